The van der Waals surface area contributed by atoms with Gasteiger partial charge in [-0.3, -0.25) is 0 Å². The van der Waals surface area contributed by atoms with Crippen molar-refractivity contribution < 1.29 is 0 Å². The zero-order valence-corrected chi connectivity index (χ0v) is 14.7. The third-order valence-corrected chi connectivity index (χ3v) is 7.55. The van der Waals surface area contributed by atoms with E-state index in [4.69, 9.17) is 92.8 Å². The Labute approximate surface area is 146 Å². The van der Waals surface area contributed by atoms with E-state index in [9.17, 15) is 0 Å². The summed E-state index contributed by atoms with van der Waals surface area (Å²) in [4.78, 5) is -1.69. The van der Waals surface area contributed by atoms with Crippen molar-refractivity contribution in [3.63, 3.8) is 0 Å². The molecule has 2 saturated carbocycles. The molecule has 0 aromatic heterocycles. The molecule has 0 aromatic carbocycles. The summed E-state index contributed by atoms with van der Waals surface area (Å²) < 4.78 is -1.11. The summed E-state index contributed by atoms with van der Waals surface area (Å²) in [6.07, 6.45) is 0.617. The van der Waals surface area contributed by atoms with Crippen molar-refractivity contribution in [2.24, 2.45) is 17.3 Å². The Morgan fingerprint density at radius 1 is 1.11 bits per heavy atom. The van der Waals surface area contributed by atoms with Crippen molar-refractivity contribution in [3.8, 4) is 0 Å². The number of alkyl halides is 7. The summed E-state index contributed by atoms with van der Waals surface area (Å²) in [5.41, 5.74) is 1.15. The number of hydrogen-bond donors (Lipinski definition) is 0. The third kappa shape index (κ3) is 1.94. The van der Waals surface area contributed by atoms with E-state index in [1.807, 2.05) is 0 Å². The normalized spacial score (nSPS) is 39.2. The van der Waals surface area contributed by atoms with Gasteiger partial charge in [-0.05, 0) is 17.9 Å². The van der Waals surface area contributed by atoms with Crippen LogP contribution in [0.15, 0.2) is 11.1 Å². The van der Waals surface area contributed by atoms with Gasteiger partial charge in [0.25, 0.3) is 0 Å². The molecule has 8 heteroatoms. The van der Waals surface area contributed by atoms with E-state index < -0.39 is 24.8 Å². The minimum absolute atomic E-state index is 0.218. The van der Waals surface area contributed by atoms with Crippen LogP contribution in [0.25, 0.3) is 0 Å². The van der Waals surface area contributed by atoms with Crippen LogP contribution in [0, 0.1) is 17.3 Å². The van der Waals surface area contributed by atoms with Gasteiger partial charge in [0.05, 0.1) is 10.8 Å². The Kier molecular flexibility index (Phi) is 4.89. The summed E-state index contributed by atoms with van der Waals surface area (Å²) in [7, 11) is 0. The first kappa shape index (κ1) is 16.4. The predicted molar refractivity (Wildman–Crippen MR) is 83.0 cm³/mol. The third-order valence-electron chi connectivity index (χ3n) is 4.00. The maximum Gasteiger partial charge on any atom is 0.141 e. The van der Waals surface area contributed by atoms with Gasteiger partial charge >= 0.3 is 0 Å². The zero-order valence-electron chi connectivity index (χ0n) is 8.69. The molecule has 0 amide bonds. The Morgan fingerprint density at radius 3 is 2.00 bits per heavy atom. The van der Waals surface area contributed by atoms with E-state index in [0.717, 1.165) is 0 Å². The van der Waals surface area contributed by atoms with Gasteiger partial charge in [0.2, 0.25) is 0 Å². The molecule has 0 aromatic rings. The predicted octanol–water partition coefficient (Wildman–Crippen LogP) is 6.13. The van der Waals surface area contributed by atoms with Gasteiger partial charge in [0.15, 0.2) is 0 Å². The lowest BCUT2D eigenvalue weighted by atomic mass is 9.72. The quantitative estimate of drug-likeness (QED) is 0.479. The standard InChI is InChI=1S/C10H8Cl8/c11-2-5-3-1-4(6(12)10(3,17)18)9(5,7(13)14)8(15)16/h2-4,6-8H,1H2/b5-2+/t3-,4-,6+/m1/s1. The van der Waals surface area contributed by atoms with Crippen LogP contribution >= 0.6 is 92.8 Å². The van der Waals surface area contributed by atoms with Crippen LogP contribution in [0.1, 0.15) is 6.42 Å². The molecule has 3 atom stereocenters. The Bertz CT molecular complexity index is 366. The number of allylic oxidation sites excluding steroid dienone is 1. The van der Waals surface area contributed by atoms with Gasteiger partial charge in [0, 0.05) is 11.5 Å². The smallest absolute Gasteiger partial charge is 0.119 e. The van der Waals surface area contributed by atoms with Crippen LogP contribution in [0.2, 0.25) is 0 Å². The fourth-order valence-electron chi connectivity index (χ4n) is 3.12. The van der Waals surface area contributed by atoms with Crippen LogP contribution in [-0.2, 0) is 0 Å². The molecule has 2 rings (SSSR count). The average Bonchev–Trinajstić information content (AvgIpc) is 2.72. The highest BCUT2D eigenvalue weighted by Crippen LogP contribution is 2.72. The summed E-state index contributed by atoms with van der Waals surface area (Å²) in [6, 6.07) is 0. The van der Waals surface area contributed by atoms with Gasteiger partial charge in [-0.15, -0.1) is 58.0 Å². The van der Waals surface area contributed by atoms with Crippen LogP contribution in [0.3, 0.4) is 0 Å². The van der Waals surface area contributed by atoms with Crippen LogP contribution in [-0.4, -0.2) is 19.4 Å². The highest BCUT2D eigenvalue weighted by atomic mass is 35.5. The fraction of sp³-hybridized carbons (Fsp3) is 0.800. The van der Waals surface area contributed by atoms with E-state index in [1.54, 1.807) is 0 Å². The van der Waals surface area contributed by atoms with Gasteiger partial charge in [-0.25, -0.2) is 0 Å². The second-order valence-electron chi connectivity index (χ2n) is 4.57. The molecular formula is C10H8Cl8. The number of fused-ring (bicyclic) bond motifs is 2. The molecule has 0 saturated heterocycles. The lowest BCUT2D eigenvalue weighted by molar-refractivity contribution is 0.268. The monoisotopic (exact) mass is 408 g/mol. The first-order valence-electron chi connectivity index (χ1n) is 5.11. The molecule has 0 aliphatic heterocycles. The topological polar surface area (TPSA) is 0 Å². The van der Waals surface area contributed by atoms with Crippen molar-refractivity contribution in [2.45, 2.75) is 25.8 Å². The molecule has 104 valence electrons. The van der Waals surface area contributed by atoms with Gasteiger partial charge in [-0.1, -0.05) is 34.8 Å². The zero-order chi connectivity index (χ0) is 13.9. The summed E-state index contributed by atoms with van der Waals surface area (Å²) in [5, 5.41) is -0.536. The highest BCUT2D eigenvalue weighted by Gasteiger charge is 2.72. The molecule has 18 heavy (non-hydrogen) atoms. The SMILES string of the molecule is Cl/C=C1\[C@H]2C[C@H]([C@H](Cl)C2(Cl)Cl)C1(C(Cl)Cl)C(Cl)Cl. The number of rotatable bonds is 2. The van der Waals surface area contributed by atoms with Crippen molar-refractivity contribution in [1.29, 1.82) is 0 Å². The van der Waals surface area contributed by atoms with Crippen LogP contribution in [0.5, 0.6) is 0 Å². The Morgan fingerprint density at radius 2 is 1.61 bits per heavy atom. The molecule has 0 radical (unpaired) electrons. The molecule has 2 aliphatic rings. The summed E-state index contributed by atoms with van der Waals surface area (Å²) in [6.45, 7) is 0. The second-order valence-corrected chi connectivity index (χ2v) is 8.90. The average molecular weight is 412 g/mol. The maximum atomic E-state index is 6.33. The van der Waals surface area contributed by atoms with E-state index in [0.29, 0.717) is 12.0 Å². The second kappa shape index (κ2) is 5.36. The molecule has 0 unspecified atom stereocenters. The minimum atomic E-state index is -1.11. The lowest BCUT2D eigenvalue weighted by Gasteiger charge is -2.47. The van der Waals surface area contributed by atoms with Crippen molar-refractivity contribution in [2.75, 3.05) is 0 Å². The Balaban J connectivity index is 2.58. The van der Waals surface area contributed by atoms with Crippen molar-refractivity contribution >= 4 is 92.8 Å². The minimum Gasteiger partial charge on any atom is -0.119 e. The Hall–Kier alpha value is 2.06. The van der Waals surface area contributed by atoms with Gasteiger partial charge < -0.3 is 0 Å². The van der Waals surface area contributed by atoms with Crippen molar-refractivity contribution in [3.05, 3.63) is 11.1 Å². The molecule has 0 heterocycles. The molecule has 2 aliphatic carbocycles. The lowest BCUT2D eigenvalue weighted by Crippen LogP contribution is -2.51. The van der Waals surface area contributed by atoms with Gasteiger partial charge in [0.1, 0.15) is 14.0 Å². The fourth-order valence-corrected chi connectivity index (χ4v) is 6.55. The molecule has 0 N–H and O–H groups in total. The van der Waals surface area contributed by atoms with E-state index in [1.165, 1.54) is 5.54 Å². The molecule has 0 nitrogen and oxygen atoms in total. The summed E-state index contributed by atoms with van der Waals surface area (Å²) in [5.74, 6) is -0.463. The first-order chi connectivity index (χ1) is 8.22. The van der Waals surface area contributed by atoms with E-state index in [2.05, 4.69) is 0 Å². The molecule has 2 bridgehead atoms. The highest BCUT2D eigenvalue weighted by molar-refractivity contribution is 6.54. The van der Waals surface area contributed by atoms with Crippen LogP contribution in [0.4, 0.5) is 0 Å². The number of halogens is 8. The maximum absolute atomic E-state index is 6.33. The van der Waals surface area contributed by atoms with E-state index >= 15 is 0 Å². The number of hydrogen-bond acceptors (Lipinski definition) is 0. The largest absolute Gasteiger partial charge is 0.141 e. The molecule has 0 spiro atoms. The van der Waals surface area contributed by atoms with Crippen molar-refractivity contribution in [1.82, 2.24) is 0 Å². The van der Waals surface area contributed by atoms with Crippen LogP contribution < -0.4 is 0 Å². The molecular weight excluding hydrogens is 404 g/mol. The first-order valence-corrected chi connectivity index (χ1v) is 8.48. The summed E-state index contributed by atoms with van der Waals surface area (Å²) >= 11 is 49.2. The van der Waals surface area contributed by atoms with E-state index in [-0.39, 0.29) is 11.8 Å². The van der Waals surface area contributed by atoms with Gasteiger partial charge in [-0.2, -0.15) is 0 Å². The molecule has 2 fully saturated rings.